The molecule has 0 bridgehead atoms. The van der Waals surface area contributed by atoms with Crippen LogP contribution in [-0.4, -0.2) is 15.0 Å². The SMILES string of the molecule is [2H]c1c([2H])c([2H])c(-c2nc(-c3cccc4c(-c5c([2H])c([2H])c([2H])c([2H])c5[2H])cccc34)nc(-c3c([2H])c([2H])c([2H])c4oc5c([2H])c([2H])c([2H])c([2H])c5c34)n2)c([2H])c1[2H]. The van der Waals surface area contributed by atoms with Gasteiger partial charge in [-0.3, -0.25) is 0 Å². The van der Waals surface area contributed by atoms with Crippen molar-refractivity contribution in [1.82, 2.24) is 15.0 Å². The van der Waals surface area contributed by atoms with Crippen molar-refractivity contribution in [3.63, 3.8) is 0 Å². The van der Waals surface area contributed by atoms with Gasteiger partial charge in [0.2, 0.25) is 0 Å². The van der Waals surface area contributed by atoms with Crippen LogP contribution in [0.3, 0.4) is 0 Å². The molecule has 0 N–H and O–H groups in total. The smallest absolute Gasteiger partial charge is 0.164 e. The van der Waals surface area contributed by atoms with Crippen LogP contribution in [0.5, 0.6) is 0 Å². The van der Waals surface area contributed by atoms with Gasteiger partial charge < -0.3 is 4.42 Å². The fraction of sp³-hybridized carbons (Fsp3) is 0. The normalized spacial score (nSPS) is 17.2. The summed E-state index contributed by atoms with van der Waals surface area (Å²) in [5.74, 6) is -1.12. The van der Waals surface area contributed by atoms with E-state index in [0.717, 1.165) is 0 Å². The van der Waals surface area contributed by atoms with E-state index < -0.39 is 120 Å². The Morgan fingerprint density at radius 1 is 0.439 bits per heavy atom. The number of nitrogens with zero attached hydrogens (tertiary/aromatic N) is 3. The predicted molar refractivity (Wildman–Crippen MR) is 166 cm³/mol. The molecule has 0 saturated heterocycles. The van der Waals surface area contributed by atoms with Crippen molar-refractivity contribution in [3.8, 4) is 45.3 Å². The second-order valence-corrected chi connectivity index (χ2v) is 8.77. The zero-order valence-electron chi connectivity index (χ0n) is 37.7. The quantitative estimate of drug-likeness (QED) is 0.222. The maximum Gasteiger partial charge on any atom is 0.164 e. The van der Waals surface area contributed by atoms with Crippen molar-refractivity contribution in [3.05, 3.63) is 139 Å². The minimum absolute atomic E-state index is 0.0824. The average molecular weight is 543 g/mol. The van der Waals surface area contributed by atoms with E-state index in [0.29, 0.717) is 10.8 Å². The molecule has 0 saturated carbocycles. The molecule has 8 aromatic rings. The molecule has 0 aliphatic rings. The molecule has 0 unspecified atom stereocenters. The van der Waals surface area contributed by atoms with Crippen LogP contribution in [0.2, 0.25) is 0 Å². The van der Waals surface area contributed by atoms with Gasteiger partial charge in [-0.25, -0.2) is 15.0 Å². The summed E-state index contributed by atoms with van der Waals surface area (Å²) >= 11 is 0. The van der Waals surface area contributed by atoms with Crippen molar-refractivity contribution in [2.75, 3.05) is 0 Å². The second kappa shape index (κ2) is 9.54. The molecule has 0 amide bonds. The Balaban J connectivity index is 1.53. The Labute approximate surface area is 260 Å². The van der Waals surface area contributed by atoms with Gasteiger partial charge in [0.05, 0.1) is 23.3 Å². The van der Waals surface area contributed by atoms with Crippen molar-refractivity contribution in [1.29, 1.82) is 0 Å². The Bertz CT molecular complexity index is 3110. The van der Waals surface area contributed by atoms with Gasteiger partial charge in [-0.1, -0.05) is 127 Å². The third-order valence-corrected chi connectivity index (χ3v) is 6.46. The fourth-order valence-corrected chi connectivity index (χ4v) is 4.72. The Morgan fingerprint density at radius 3 is 1.80 bits per heavy atom. The van der Waals surface area contributed by atoms with Crippen LogP contribution in [0.1, 0.15) is 23.3 Å². The van der Waals surface area contributed by atoms with Gasteiger partial charge >= 0.3 is 0 Å². The number of rotatable bonds is 4. The van der Waals surface area contributed by atoms with E-state index in [1.54, 1.807) is 36.4 Å². The summed E-state index contributed by atoms with van der Waals surface area (Å²) in [6.45, 7) is 0. The molecular formula is C37H23N3O. The molecule has 0 spiro atoms. The summed E-state index contributed by atoms with van der Waals surface area (Å²) in [4.78, 5) is 13.7. The van der Waals surface area contributed by atoms with E-state index in [9.17, 15) is 0 Å². The number of para-hydroxylation sites is 1. The summed E-state index contributed by atoms with van der Waals surface area (Å²) in [5, 5.41) is 0.311. The molecular weight excluding hydrogens is 502 g/mol. The van der Waals surface area contributed by atoms with Crippen LogP contribution in [-0.2, 0) is 0 Å². The lowest BCUT2D eigenvalue weighted by Crippen LogP contribution is -2.01. The zero-order chi connectivity index (χ0) is 42.0. The highest BCUT2D eigenvalue weighted by Crippen LogP contribution is 2.38. The first-order valence-electron chi connectivity index (χ1n) is 20.7. The summed E-state index contributed by atoms with van der Waals surface area (Å²) in [6, 6.07) is -0.844. The van der Waals surface area contributed by atoms with Gasteiger partial charge in [-0.2, -0.15) is 0 Å². The van der Waals surface area contributed by atoms with Gasteiger partial charge in [0, 0.05) is 27.5 Å². The molecule has 0 fully saturated rings. The number of fused-ring (bicyclic) bond motifs is 4. The number of hydrogen-bond donors (Lipinski definition) is 0. The average Bonchev–Trinajstić information content (AvgIpc) is 3.61. The van der Waals surface area contributed by atoms with Crippen LogP contribution in [0, 0.1) is 0 Å². The standard InChI is InChI=1S/C37H23N3O/c1-3-12-24(13-4-1)26-17-9-19-28-27(26)18-10-20-29(28)36-38-35(25-14-5-2-6-15-25)39-37(40-36)31-21-11-23-33-34(31)30-16-7-8-22-32(30)41-33/h1-23H/i1D,2D,3D,4D,5D,6D,7D,8D,11D,12D,13D,14D,15D,16D,21D,22D,23D. The monoisotopic (exact) mass is 542 g/mol. The first-order chi connectivity index (χ1) is 27.4. The number of hydrogen-bond acceptors (Lipinski definition) is 4. The summed E-state index contributed by atoms with van der Waals surface area (Å²) in [7, 11) is 0. The predicted octanol–water partition coefficient (Wildman–Crippen LogP) is 9.59. The van der Waals surface area contributed by atoms with E-state index in [4.69, 9.17) is 27.7 Å². The Kier molecular flexibility index (Phi) is 2.76. The lowest BCUT2D eigenvalue weighted by Gasteiger charge is -2.12. The zero-order valence-corrected chi connectivity index (χ0v) is 20.7. The van der Waals surface area contributed by atoms with E-state index in [2.05, 4.69) is 15.0 Å². The molecule has 8 rings (SSSR count). The third-order valence-electron chi connectivity index (χ3n) is 6.46. The highest BCUT2D eigenvalue weighted by Gasteiger charge is 2.18. The van der Waals surface area contributed by atoms with E-state index >= 15 is 0 Å². The van der Waals surface area contributed by atoms with Crippen molar-refractivity contribution in [2.24, 2.45) is 0 Å². The van der Waals surface area contributed by atoms with Gasteiger partial charge in [0.25, 0.3) is 0 Å². The number of benzene rings is 6. The largest absolute Gasteiger partial charge is 0.456 e. The minimum Gasteiger partial charge on any atom is -0.456 e. The fourth-order valence-electron chi connectivity index (χ4n) is 4.72. The van der Waals surface area contributed by atoms with E-state index in [-0.39, 0.29) is 50.0 Å². The molecule has 4 heteroatoms. The molecule has 0 radical (unpaired) electrons. The molecule has 192 valence electrons. The minimum atomic E-state index is -0.708. The van der Waals surface area contributed by atoms with Crippen LogP contribution in [0.4, 0.5) is 0 Å². The van der Waals surface area contributed by atoms with Crippen molar-refractivity contribution >= 4 is 32.7 Å². The Morgan fingerprint density at radius 2 is 1.02 bits per heavy atom. The second-order valence-electron chi connectivity index (χ2n) is 8.77. The van der Waals surface area contributed by atoms with Crippen LogP contribution >= 0.6 is 0 Å². The van der Waals surface area contributed by atoms with Gasteiger partial charge in [0.1, 0.15) is 11.2 Å². The summed E-state index contributed by atoms with van der Waals surface area (Å²) in [5.41, 5.74) is -1.14. The van der Waals surface area contributed by atoms with E-state index in [1.807, 2.05) is 0 Å². The third kappa shape index (κ3) is 3.97. The van der Waals surface area contributed by atoms with E-state index in [1.165, 1.54) is 0 Å². The van der Waals surface area contributed by atoms with Crippen molar-refractivity contribution in [2.45, 2.75) is 0 Å². The van der Waals surface area contributed by atoms with Crippen molar-refractivity contribution < 1.29 is 27.7 Å². The number of furan rings is 1. The maximum atomic E-state index is 9.09. The molecule has 2 heterocycles. The first-order valence-corrected chi connectivity index (χ1v) is 12.2. The highest BCUT2D eigenvalue weighted by atomic mass is 16.3. The highest BCUT2D eigenvalue weighted by molar-refractivity contribution is 6.12. The van der Waals surface area contributed by atoms with Gasteiger partial charge in [-0.05, 0) is 34.0 Å². The molecule has 2 aromatic heterocycles. The van der Waals surface area contributed by atoms with Crippen LogP contribution < -0.4 is 0 Å². The molecule has 0 aliphatic heterocycles. The number of aromatic nitrogens is 3. The molecule has 0 atom stereocenters. The topological polar surface area (TPSA) is 51.8 Å². The first kappa shape index (κ1) is 11.9. The molecule has 41 heavy (non-hydrogen) atoms. The Hall–Kier alpha value is -5.61. The molecule has 0 aliphatic carbocycles. The molecule has 6 aromatic carbocycles. The van der Waals surface area contributed by atoms with Crippen LogP contribution in [0.15, 0.2) is 144 Å². The molecule has 4 nitrogen and oxygen atoms in total. The van der Waals surface area contributed by atoms with Gasteiger partial charge in [0.15, 0.2) is 17.5 Å². The maximum absolute atomic E-state index is 9.09. The summed E-state index contributed by atoms with van der Waals surface area (Å²) in [6.07, 6.45) is 0. The van der Waals surface area contributed by atoms with Crippen LogP contribution in [0.25, 0.3) is 78.0 Å². The summed E-state index contributed by atoms with van der Waals surface area (Å²) < 4.78 is 150. The van der Waals surface area contributed by atoms with Gasteiger partial charge in [-0.15, -0.1) is 0 Å². The lowest BCUT2D eigenvalue weighted by molar-refractivity contribution is 0.669. The lowest BCUT2D eigenvalue weighted by atomic mass is 9.95.